The van der Waals surface area contributed by atoms with Crippen LogP contribution in [0.2, 0.25) is 0 Å². The van der Waals surface area contributed by atoms with Crippen LogP contribution in [0.3, 0.4) is 0 Å². The van der Waals surface area contributed by atoms with Gasteiger partial charge in [-0.15, -0.1) is 0 Å². The lowest BCUT2D eigenvalue weighted by molar-refractivity contribution is 0.0751. The molecular formula is C11H12F2N2. The summed E-state index contributed by atoms with van der Waals surface area (Å²) in [6.45, 7) is -2.03. The second-order valence-corrected chi connectivity index (χ2v) is 3.39. The van der Waals surface area contributed by atoms with E-state index in [-0.39, 0.29) is 0 Å². The molecule has 2 N–H and O–H groups in total. The maximum absolute atomic E-state index is 12.7. The van der Waals surface area contributed by atoms with Crippen molar-refractivity contribution in [1.82, 2.24) is 4.57 Å². The Hall–Kier alpha value is -1.42. The van der Waals surface area contributed by atoms with Crippen LogP contribution < -0.4 is 5.73 Å². The van der Waals surface area contributed by atoms with E-state index in [0.717, 1.165) is 15.5 Å². The highest BCUT2D eigenvalue weighted by atomic mass is 19.3. The van der Waals surface area contributed by atoms with Gasteiger partial charge in [-0.3, -0.25) is 4.57 Å². The number of rotatable bonds is 3. The van der Waals surface area contributed by atoms with Crippen LogP contribution in [0.5, 0.6) is 0 Å². The van der Waals surface area contributed by atoms with Gasteiger partial charge in [-0.05, 0) is 24.6 Å². The molecule has 1 aromatic carbocycles. The number of halogens is 2. The number of nitrogens with two attached hydrogens (primary N) is 1. The number of para-hydroxylation sites is 1. The van der Waals surface area contributed by atoms with Gasteiger partial charge in [0.25, 0.3) is 0 Å². The van der Waals surface area contributed by atoms with E-state index in [4.69, 9.17) is 5.73 Å². The Labute approximate surface area is 86.3 Å². The molecule has 2 rings (SSSR count). The normalized spacial score (nSPS) is 11.5. The third-order valence-corrected chi connectivity index (χ3v) is 2.45. The monoisotopic (exact) mass is 210 g/mol. The Bertz CT molecular complexity index is 463. The largest absolute Gasteiger partial charge is 0.330 e. The summed E-state index contributed by atoms with van der Waals surface area (Å²) in [5, 5.41) is 0.834. The Kier molecular flexibility index (Phi) is 2.68. The number of aromatic nitrogens is 1. The Morgan fingerprint density at radius 1 is 1.27 bits per heavy atom. The smallest absolute Gasteiger partial charge is 0.319 e. The lowest BCUT2D eigenvalue weighted by atomic mass is 10.1. The van der Waals surface area contributed by atoms with Crippen LogP contribution >= 0.6 is 0 Å². The first-order valence-electron chi connectivity index (χ1n) is 4.80. The highest BCUT2D eigenvalue weighted by Gasteiger charge is 2.11. The van der Waals surface area contributed by atoms with Crippen molar-refractivity contribution in [1.29, 1.82) is 0 Å². The molecule has 0 saturated heterocycles. The van der Waals surface area contributed by atoms with Crippen molar-refractivity contribution < 1.29 is 8.78 Å². The average Bonchev–Trinajstić information content (AvgIpc) is 2.62. The molecule has 0 radical (unpaired) electrons. The first-order chi connectivity index (χ1) is 7.24. The third kappa shape index (κ3) is 1.72. The summed E-state index contributed by atoms with van der Waals surface area (Å²) in [5.41, 5.74) is 6.92. The standard InChI is InChI=1S/C11H12F2N2/c12-11(13)15-7-5-9-3-1-2-8(4-6-14)10(9)15/h1-3,5,7,11H,4,6,14H2. The molecule has 1 heterocycles. The van der Waals surface area contributed by atoms with E-state index < -0.39 is 6.55 Å². The van der Waals surface area contributed by atoms with Crippen LogP contribution in [0.4, 0.5) is 8.78 Å². The summed E-state index contributed by atoms with van der Waals surface area (Å²) in [7, 11) is 0. The molecule has 0 fully saturated rings. The van der Waals surface area contributed by atoms with E-state index in [1.807, 2.05) is 18.2 Å². The molecular weight excluding hydrogens is 198 g/mol. The molecule has 2 aromatic rings. The fraction of sp³-hybridized carbons (Fsp3) is 0.273. The van der Waals surface area contributed by atoms with Crippen molar-refractivity contribution >= 4 is 10.9 Å². The van der Waals surface area contributed by atoms with Crippen molar-refractivity contribution in [2.45, 2.75) is 13.0 Å². The van der Waals surface area contributed by atoms with E-state index in [1.54, 1.807) is 6.07 Å². The Morgan fingerprint density at radius 2 is 2.07 bits per heavy atom. The number of benzene rings is 1. The van der Waals surface area contributed by atoms with Gasteiger partial charge in [0.05, 0.1) is 5.52 Å². The summed E-state index contributed by atoms with van der Waals surface area (Å²) in [6, 6.07) is 7.23. The van der Waals surface area contributed by atoms with Gasteiger partial charge in [-0.1, -0.05) is 18.2 Å². The zero-order chi connectivity index (χ0) is 10.8. The van der Waals surface area contributed by atoms with Crippen LogP contribution in [-0.4, -0.2) is 11.1 Å². The molecule has 4 heteroatoms. The van der Waals surface area contributed by atoms with Gasteiger partial charge in [0, 0.05) is 11.6 Å². The summed E-state index contributed by atoms with van der Waals surface area (Å²) in [5.74, 6) is 0. The van der Waals surface area contributed by atoms with E-state index >= 15 is 0 Å². The highest BCUT2D eigenvalue weighted by Crippen LogP contribution is 2.25. The average molecular weight is 210 g/mol. The van der Waals surface area contributed by atoms with Gasteiger partial charge in [-0.2, -0.15) is 8.78 Å². The quantitative estimate of drug-likeness (QED) is 0.829. The van der Waals surface area contributed by atoms with Gasteiger partial charge in [0.2, 0.25) is 0 Å². The molecule has 0 atom stereocenters. The molecule has 0 aliphatic carbocycles. The third-order valence-electron chi connectivity index (χ3n) is 2.45. The fourth-order valence-corrected chi connectivity index (χ4v) is 1.82. The van der Waals surface area contributed by atoms with Crippen molar-refractivity contribution in [3.8, 4) is 0 Å². The lowest BCUT2D eigenvalue weighted by Gasteiger charge is -2.07. The minimum atomic E-state index is -2.50. The molecule has 0 amide bonds. The van der Waals surface area contributed by atoms with Crippen LogP contribution in [-0.2, 0) is 6.42 Å². The van der Waals surface area contributed by atoms with E-state index in [2.05, 4.69) is 0 Å². The summed E-state index contributed by atoms with van der Waals surface area (Å²) < 4.78 is 26.4. The number of fused-ring (bicyclic) bond motifs is 1. The predicted octanol–water partition coefficient (Wildman–Crippen LogP) is 2.54. The number of alkyl halides is 2. The molecule has 0 aliphatic heterocycles. The van der Waals surface area contributed by atoms with E-state index in [1.165, 1.54) is 6.20 Å². The van der Waals surface area contributed by atoms with Crippen molar-refractivity contribution in [3.63, 3.8) is 0 Å². The van der Waals surface area contributed by atoms with Crippen LogP contribution in [0, 0.1) is 0 Å². The second-order valence-electron chi connectivity index (χ2n) is 3.39. The maximum Gasteiger partial charge on any atom is 0.319 e. The zero-order valence-electron chi connectivity index (χ0n) is 8.16. The van der Waals surface area contributed by atoms with Crippen molar-refractivity contribution in [2.24, 2.45) is 5.73 Å². The first-order valence-corrected chi connectivity index (χ1v) is 4.80. The van der Waals surface area contributed by atoms with Crippen LogP contribution in [0.1, 0.15) is 12.1 Å². The molecule has 0 saturated carbocycles. The van der Waals surface area contributed by atoms with E-state index in [9.17, 15) is 8.78 Å². The molecule has 0 spiro atoms. The van der Waals surface area contributed by atoms with Gasteiger partial charge in [-0.25, -0.2) is 0 Å². The minimum absolute atomic E-state index is 0.466. The minimum Gasteiger partial charge on any atom is -0.330 e. The van der Waals surface area contributed by atoms with Gasteiger partial charge in [0.15, 0.2) is 0 Å². The van der Waals surface area contributed by atoms with Gasteiger partial charge in [0.1, 0.15) is 0 Å². The zero-order valence-corrected chi connectivity index (χ0v) is 8.16. The topological polar surface area (TPSA) is 30.9 Å². The first kappa shape index (κ1) is 10.1. The van der Waals surface area contributed by atoms with E-state index in [0.29, 0.717) is 18.5 Å². The van der Waals surface area contributed by atoms with Gasteiger partial charge >= 0.3 is 6.55 Å². The highest BCUT2D eigenvalue weighted by molar-refractivity contribution is 5.83. The Morgan fingerprint density at radius 3 is 2.73 bits per heavy atom. The number of nitrogens with zero attached hydrogens (tertiary/aromatic N) is 1. The summed E-state index contributed by atoms with van der Waals surface area (Å²) >= 11 is 0. The summed E-state index contributed by atoms with van der Waals surface area (Å²) in [6.07, 6.45) is 2.03. The second kappa shape index (κ2) is 3.98. The lowest BCUT2D eigenvalue weighted by Crippen LogP contribution is -2.05. The Balaban J connectivity index is 2.63. The van der Waals surface area contributed by atoms with Crippen LogP contribution in [0.25, 0.3) is 10.9 Å². The van der Waals surface area contributed by atoms with Crippen molar-refractivity contribution in [3.05, 3.63) is 36.0 Å². The molecule has 15 heavy (non-hydrogen) atoms. The molecule has 0 unspecified atom stereocenters. The molecule has 0 aliphatic rings. The number of hydrogen-bond donors (Lipinski definition) is 1. The SMILES string of the molecule is NCCc1cccc2ccn(C(F)F)c12. The van der Waals surface area contributed by atoms with Gasteiger partial charge < -0.3 is 5.73 Å². The van der Waals surface area contributed by atoms with Crippen molar-refractivity contribution in [2.75, 3.05) is 6.54 Å². The maximum atomic E-state index is 12.7. The molecule has 2 nitrogen and oxygen atoms in total. The van der Waals surface area contributed by atoms with Crippen LogP contribution in [0.15, 0.2) is 30.5 Å². The fourth-order valence-electron chi connectivity index (χ4n) is 1.82. The number of hydrogen-bond acceptors (Lipinski definition) is 1. The summed E-state index contributed by atoms with van der Waals surface area (Å²) in [4.78, 5) is 0. The predicted molar refractivity (Wildman–Crippen MR) is 55.9 cm³/mol. The molecule has 1 aromatic heterocycles. The molecule has 0 bridgehead atoms. The molecule has 80 valence electrons.